The fraction of sp³-hybridized carbons (Fsp3) is 0.364. The zero-order valence-corrected chi connectivity index (χ0v) is 16.1. The van der Waals surface area contributed by atoms with Crippen molar-refractivity contribution in [3.63, 3.8) is 0 Å². The normalized spacial score (nSPS) is 14.8. The van der Waals surface area contributed by atoms with Gasteiger partial charge in [0.05, 0.1) is 0 Å². The van der Waals surface area contributed by atoms with E-state index in [4.69, 9.17) is 0 Å². The van der Waals surface area contributed by atoms with Crippen LogP contribution in [0.3, 0.4) is 0 Å². The Morgan fingerprint density at radius 1 is 0.963 bits per heavy atom. The van der Waals surface area contributed by atoms with Gasteiger partial charge in [0.1, 0.15) is 6.42 Å². The molecule has 0 aliphatic carbocycles. The summed E-state index contributed by atoms with van der Waals surface area (Å²) in [6.07, 6.45) is -0.105. The third-order valence-corrected chi connectivity index (χ3v) is 4.94. The second-order valence-electron chi connectivity index (χ2n) is 7.19. The van der Waals surface area contributed by atoms with E-state index >= 15 is 0 Å². The summed E-state index contributed by atoms with van der Waals surface area (Å²) in [7, 11) is 0. The number of anilines is 1. The van der Waals surface area contributed by atoms with E-state index in [2.05, 4.69) is 22.3 Å². The summed E-state index contributed by atoms with van der Waals surface area (Å²) >= 11 is 0. The third-order valence-electron chi connectivity index (χ3n) is 4.94. The standard InChI is InChI=1S/C22H27N3O2/c1-17-8-9-20(18(2)14-17)23-21(26)15-22(27)25-12-10-24(11-13-25)16-19-6-4-3-5-7-19/h3-9,14H,10-13,15-16H2,1-2H3,(H,23,26). The minimum atomic E-state index is -0.251. The molecule has 2 aromatic rings. The van der Waals surface area contributed by atoms with Crippen LogP contribution in [0, 0.1) is 13.8 Å². The molecule has 2 amide bonds. The van der Waals surface area contributed by atoms with Crippen LogP contribution in [0.5, 0.6) is 0 Å². The molecule has 1 fully saturated rings. The zero-order chi connectivity index (χ0) is 19.2. The number of hydrogen-bond donors (Lipinski definition) is 1. The Morgan fingerprint density at radius 3 is 2.33 bits per heavy atom. The van der Waals surface area contributed by atoms with Gasteiger partial charge in [-0.15, -0.1) is 0 Å². The Kier molecular flexibility index (Phi) is 6.24. The molecule has 5 heteroatoms. The largest absolute Gasteiger partial charge is 0.340 e. The number of amides is 2. The number of carbonyl (C=O) groups is 2. The van der Waals surface area contributed by atoms with Gasteiger partial charge in [-0.25, -0.2) is 0 Å². The quantitative estimate of drug-likeness (QED) is 0.829. The maximum atomic E-state index is 12.4. The van der Waals surface area contributed by atoms with E-state index in [0.29, 0.717) is 13.1 Å². The van der Waals surface area contributed by atoms with Crippen LogP contribution < -0.4 is 5.32 Å². The van der Waals surface area contributed by atoms with Crippen LogP contribution in [0.25, 0.3) is 0 Å². The predicted molar refractivity (Wildman–Crippen MR) is 107 cm³/mol. The van der Waals surface area contributed by atoms with E-state index in [-0.39, 0.29) is 18.2 Å². The van der Waals surface area contributed by atoms with Gasteiger partial charge in [0.25, 0.3) is 0 Å². The number of nitrogens with one attached hydrogen (secondary N) is 1. The van der Waals surface area contributed by atoms with E-state index in [1.165, 1.54) is 5.56 Å². The SMILES string of the molecule is Cc1ccc(NC(=O)CC(=O)N2CCN(Cc3ccccc3)CC2)c(C)c1. The van der Waals surface area contributed by atoms with Crippen molar-refractivity contribution in [2.45, 2.75) is 26.8 Å². The molecule has 1 aliphatic rings. The number of aryl methyl sites for hydroxylation is 2. The molecule has 0 saturated carbocycles. The lowest BCUT2D eigenvalue weighted by Gasteiger charge is -2.34. The van der Waals surface area contributed by atoms with E-state index in [1.54, 1.807) is 4.90 Å². The second kappa shape index (κ2) is 8.82. The molecule has 1 aliphatic heterocycles. The monoisotopic (exact) mass is 365 g/mol. The van der Waals surface area contributed by atoms with Gasteiger partial charge in [0.15, 0.2) is 0 Å². The third kappa shape index (κ3) is 5.41. The van der Waals surface area contributed by atoms with Crippen LogP contribution in [0.4, 0.5) is 5.69 Å². The van der Waals surface area contributed by atoms with Gasteiger partial charge in [-0.05, 0) is 31.0 Å². The Hall–Kier alpha value is -2.66. The summed E-state index contributed by atoms with van der Waals surface area (Å²) < 4.78 is 0. The van der Waals surface area contributed by atoms with Gasteiger partial charge in [-0.3, -0.25) is 14.5 Å². The highest BCUT2D eigenvalue weighted by atomic mass is 16.2. The maximum Gasteiger partial charge on any atom is 0.233 e. The van der Waals surface area contributed by atoms with Gasteiger partial charge in [-0.2, -0.15) is 0 Å². The second-order valence-corrected chi connectivity index (χ2v) is 7.19. The first-order chi connectivity index (χ1) is 13.0. The summed E-state index contributed by atoms with van der Waals surface area (Å²) in [5.74, 6) is -0.352. The van der Waals surface area contributed by atoms with Crippen molar-refractivity contribution in [1.29, 1.82) is 0 Å². The summed E-state index contributed by atoms with van der Waals surface area (Å²) in [6, 6.07) is 16.2. The molecule has 0 bridgehead atoms. The predicted octanol–water partition coefficient (Wildman–Crippen LogP) is 2.98. The van der Waals surface area contributed by atoms with E-state index < -0.39 is 0 Å². The Labute approximate surface area is 161 Å². The number of carbonyl (C=O) groups excluding carboxylic acids is 2. The van der Waals surface area contributed by atoms with Crippen LogP contribution in [-0.4, -0.2) is 47.8 Å². The lowest BCUT2D eigenvalue weighted by Crippen LogP contribution is -2.48. The molecule has 1 saturated heterocycles. The number of rotatable bonds is 5. The number of benzene rings is 2. The molecule has 27 heavy (non-hydrogen) atoms. The average molecular weight is 365 g/mol. The highest BCUT2D eigenvalue weighted by Gasteiger charge is 2.23. The molecular weight excluding hydrogens is 338 g/mol. The van der Waals surface area contributed by atoms with Crippen LogP contribution in [0.15, 0.2) is 48.5 Å². The van der Waals surface area contributed by atoms with Crippen molar-refractivity contribution in [3.05, 3.63) is 65.2 Å². The van der Waals surface area contributed by atoms with Gasteiger partial charge >= 0.3 is 0 Å². The fourth-order valence-electron chi connectivity index (χ4n) is 3.39. The molecule has 0 radical (unpaired) electrons. The van der Waals surface area contributed by atoms with Crippen LogP contribution >= 0.6 is 0 Å². The van der Waals surface area contributed by atoms with E-state index in [1.807, 2.05) is 50.2 Å². The molecule has 0 aromatic heterocycles. The van der Waals surface area contributed by atoms with Gasteiger partial charge in [0.2, 0.25) is 11.8 Å². The number of piperazine rings is 1. The first kappa shape index (κ1) is 19.1. The molecule has 0 spiro atoms. The highest BCUT2D eigenvalue weighted by molar-refractivity contribution is 6.03. The lowest BCUT2D eigenvalue weighted by atomic mass is 10.1. The minimum absolute atomic E-state index is 0.100. The van der Waals surface area contributed by atoms with Crippen molar-refractivity contribution in [2.75, 3.05) is 31.5 Å². The molecule has 142 valence electrons. The summed E-state index contributed by atoms with van der Waals surface area (Å²) in [4.78, 5) is 28.8. The summed E-state index contributed by atoms with van der Waals surface area (Å²) in [5, 5.41) is 2.85. The van der Waals surface area contributed by atoms with Gasteiger partial charge in [0, 0.05) is 38.4 Å². The van der Waals surface area contributed by atoms with Gasteiger partial charge < -0.3 is 10.2 Å². The van der Waals surface area contributed by atoms with E-state index in [0.717, 1.165) is 36.4 Å². The molecule has 1 N–H and O–H groups in total. The number of nitrogens with zero attached hydrogens (tertiary/aromatic N) is 2. The zero-order valence-electron chi connectivity index (χ0n) is 16.1. The molecule has 3 rings (SSSR count). The smallest absolute Gasteiger partial charge is 0.233 e. The molecule has 1 heterocycles. The van der Waals surface area contributed by atoms with Gasteiger partial charge in [-0.1, -0.05) is 48.0 Å². The van der Waals surface area contributed by atoms with Crippen LogP contribution in [0.2, 0.25) is 0 Å². The number of hydrogen-bond acceptors (Lipinski definition) is 3. The van der Waals surface area contributed by atoms with Crippen molar-refractivity contribution >= 4 is 17.5 Å². The first-order valence-electron chi connectivity index (χ1n) is 9.42. The molecule has 2 aromatic carbocycles. The topological polar surface area (TPSA) is 52.7 Å². The molecule has 0 unspecified atom stereocenters. The van der Waals surface area contributed by atoms with Crippen molar-refractivity contribution in [3.8, 4) is 0 Å². The maximum absolute atomic E-state index is 12.4. The Bertz CT molecular complexity index is 796. The average Bonchev–Trinajstić information content (AvgIpc) is 2.65. The first-order valence-corrected chi connectivity index (χ1v) is 9.42. The van der Waals surface area contributed by atoms with Crippen LogP contribution in [0.1, 0.15) is 23.1 Å². The molecule has 5 nitrogen and oxygen atoms in total. The molecule has 0 atom stereocenters. The summed E-state index contributed by atoms with van der Waals surface area (Å²) in [5.41, 5.74) is 4.21. The van der Waals surface area contributed by atoms with Crippen LogP contribution in [-0.2, 0) is 16.1 Å². The van der Waals surface area contributed by atoms with Crippen molar-refractivity contribution in [1.82, 2.24) is 9.80 Å². The van der Waals surface area contributed by atoms with E-state index in [9.17, 15) is 9.59 Å². The Balaban J connectivity index is 1.45. The Morgan fingerprint density at radius 2 is 1.67 bits per heavy atom. The molecular formula is C22H27N3O2. The minimum Gasteiger partial charge on any atom is -0.340 e. The van der Waals surface area contributed by atoms with Crippen molar-refractivity contribution in [2.24, 2.45) is 0 Å². The summed E-state index contributed by atoms with van der Waals surface area (Å²) in [6.45, 7) is 7.87. The highest BCUT2D eigenvalue weighted by Crippen LogP contribution is 2.16. The fourth-order valence-corrected chi connectivity index (χ4v) is 3.39. The van der Waals surface area contributed by atoms with Crippen molar-refractivity contribution < 1.29 is 9.59 Å². The lowest BCUT2D eigenvalue weighted by molar-refractivity contribution is -0.136.